The number of hydrogen-bond donors (Lipinski definition) is 1. The summed E-state index contributed by atoms with van der Waals surface area (Å²) in [5, 5.41) is 2.19. The number of halogens is 3. The molecule has 0 fully saturated rings. The lowest BCUT2D eigenvalue weighted by Gasteiger charge is -2.12. The van der Waals surface area contributed by atoms with Crippen molar-refractivity contribution in [2.45, 2.75) is 0 Å². The number of nitrogens with one attached hydrogen (secondary N) is 1. The first kappa shape index (κ1) is 11.4. The molecular formula is C9H9F3N2O. The summed E-state index contributed by atoms with van der Waals surface area (Å²) in [5.74, 6) is -4.24. The predicted molar refractivity (Wildman–Crippen MR) is 49.0 cm³/mol. The van der Waals surface area contributed by atoms with E-state index in [2.05, 4.69) is 5.32 Å². The second kappa shape index (κ2) is 4.20. The van der Waals surface area contributed by atoms with Crippen LogP contribution in [0.5, 0.6) is 0 Å². The third-order valence-corrected chi connectivity index (χ3v) is 1.64. The highest BCUT2D eigenvalue weighted by Gasteiger charge is 2.12. The van der Waals surface area contributed by atoms with Gasteiger partial charge in [0.05, 0.1) is 0 Å². The molecular weight excluding hydrogens is 209 g/mol. The fourth-order valence-corrected chi connectivity index (χ4v) is 0.863. The molecule has 0 heterocycles. The molecule has 1 N–H and O–H groups in total. The van der Waals surface area contributed by atoms with E-state index in [9.17, 15) is 18.0 Å². The van der Waals surface area contributed by atoms with E-state index in [1.807, 2.05) is 0 Å². The first-order chi connectivity index (χ1) is 6.91. The topological polar surface area (TPSA) is 32.3 Å². The molecule has 0 aliphatic heterocycles. The van der Waals surface area contributed by atoms with Gasteiger partial charge in [-0.1, -0.05) is 0 Å². The van der Waals surface area contributed by atoms with Crippen molar-refractivity contribution in [2.75, 3.05) is 19.4 Å². The summed E-state index contributed by atoms with van der Waals surface area (Å²) in [4.78, 5) is 12.3. The molecule has 0 spiro atoms. The molecule has 0 saturated carbocycles. The van der Waals surface area contributed by atoms with Crippen LogP contribution < -0.4 is 5.32 Å². The number of rotatable bonds is 1. The number of hydrogen-bond acceptors (Lipinski definition) is 1. The molecule has 0 unspecified atom stereocenters. The van der Waals surface area contributed by atoms with Gasteiger partial charge in [0.1, 0.15) is 0 Å². The van der Waals surface area contributed by atoms with E-state index >= 15 is 0 Å². The maximum absolute atomic E-state index is 12.7. The molecule has 0 radical (unpaired) electrons. The Morgan fingerprint density at radius 3 is 2.07 bits per heavy atom. The van der Waals surface area contributed by atoms with Gasteiger partial charge in [0.2, 0.25) is 0 Å². The van der Waals surface area contributed by atoms with Crippen molar-refractivity contribution in [3.8, 4) is 0 Å². The number of carbonyl (C=O) groups excluding carboxylic acids is 1. The Hall–Kier alpha value is -1.72. The van der Waals surface area contributed by atoms with Gasteiger partial charge in [-0.05, 0) is 0 Å². The summed E-state index contributed by atoms with van der Waals surface area (Å²) in [6.45, 7) is 0. The molecule has 0 atom stereocenters. The van der Waals surface area contributed by atoms with Crippen LogP contribution in [0.25, 0.3) is 0 Å². The smallest absolute Gasteiger partial charge is 0.321 e. The fraction of sp³-hybridized carbons (Fsp3) is 0.222. The molecule has 0 saturated heterocycles. The molecule has 6 heteroatoms. The van der Waals surface area contributed by atoms with Gasteiger partial charge in [-0.3, -0.25) is 0 Å². The van der Waals surface area contributed by atoms with Gasteiger partial charge in [-0.25, -0.2) is 18.0 Å². The molecule has 1 rings (SSSR count). The van der Waals surface area contributed by atoms with Gasteiger partial charge in [0, 0.05) is 31.9 Å². The van der Waals surface area contributed by atoms with Gasteiger partial charge in [-0.15, -0.1) is 0 Å². The van der Waals surface area contributed by atoms with Crippen molar-refractivity contribution in [3.05, 3.63) is 29.6 Å². The molecule has 0 aromatic heterocycles. The minimum absolute atomic E-state index is 0.134. The summed E-state index contributed by atoms with van der Waals surface area (Å²) >= 11 is 0. The Balaban J connectivity index is 2.93. The average Bonchev–Trinajstić information content (AvgIpc) is 2.13. The van der Waals surface area contributed by atoms with Crippen LogP contribution in [0.4, 0.5) is 23.7 Å². The van der Waals surface area contributed by atoms with E-state index in [0.29, 0.717) is 12.1 Å². The van der Waals surface area contributed by atoms with Gasteiger partial charge in [-0.2, -0.15) is 0 Å². The summed E-state index contributed by atoms with van der Waals surface area (Å²) in [7, 11) is 2.93. The third kappa shape index (κ3) is 2.61. The monoisotopic (exact) mass is 218 g/mol. The average molecular weight is 218 g/mol. The Morgan fingerprint density at radius 2 is 1.67 bits per heavy atom. The number of urea groups is 1. The normalized spacial score (nSPS) is 9.93. The summed E-state index contributed by atoms with van der Waals surface area (Å²) in [5.41, 5.74) is -0.134. The standard InChI is InChI=1S/C9H9F3N2O/c1-14(2)9(15)13-5-3-6(10)8(12)7(11)4-5/h3-4H,1-2H3,(H,13,15). The van der Waals surface area contributed by atoms with E-state index in [0.717, 1.165) is 0 Å². The number of anilines is 1. The van der Waals surface area contributed by atoms with Crippen LogP contribution >= 0.6 is 0 Å². The van der Waals surface area contributed by atoms with Gasteiger partial charge >= 0.3 is 6.03 Å². The SMILES string of the molecule is CN(C)C(=O)Nc1cc(F)c(F)c(F)c1. The first-order valence-electron chi connectivity index (χ1n) is 4.04. The van der Waals surface area contributed by atoms with Crippen LogP contribution in [0, 0.1) is 17.5 Å². The van der Waals surface area contributed by atoms with Crippen molar-refractivity contribution < 1.29 is 18.0 Å². The van der Waals surface area contributed by atoms with E-state index < -0.39 is 23.5 Å². The van der Waals surface area contributed by atoms with Crippen molar-refractivity contribution in [3.63, 3.8) is 0 Å². The van der Waals surface area contributed by atoms with Crippen molar-refractivity contribution >= 4 is 11.7 Å². The Kier molecular flexibility index (Phi) is 3.18. The molecule has 2 amide bonds. The fourth-order valence-electron chi connectivity index (χ4n) is 0.863. The molecule has 82 valence electrons. The maximum atomic E-state index is 12.7. The van der Waals surface area contributed by atoms with Gasteiger partial charge in [0.15, 0.2) is 17.5 Å². The predicted octanol–water partition coefficient (Wildman–Crippen LogP) is 2.20. The highest BCUT2D eigenvalue weighted by Crippen LogP contribution is 2.17. The molecule has 3 nitrogen and oxygen atoms in total. The van der Waals surface area contributed by atoms with Crippen molar-refractivity contribution in [1.29, 1.82) is 0 Å². The Labute approximate surface area is 84.5 Å². The first-order valence-corrected chi connectivity index (χ1v) is 4.04. The maximum Gasteiger partial charge on any atom is 0.321 e. The lowest BCUT2D eigenvalue weighted by Crippen LogP contribution is -2.27. The largest absolute Gasteiger partial charge is 0.331 e. The lowest BCUT2D eigenvalue weighted by molar-refractivity contribution is 0.230. The van der Waals surface area contributed by atoms with Crippen LogP contribution in [-0.2, 0) is 0 Å². The molecule has 1 aromatic rings. The highest BCUT2D eigenvalue weighted by atomic mass is 19.2. The number of amides is 2. The van der Waals surface area contributed by atoms with Crippen LogP contribution in [0.2, 0.25) is 0 Å². The molecule has 0 bridgehead atoms. The van der Waals surface area contributed by atoms with Crippen molar-refractivity contribution in [2.24, 2.45) is 0 Å². The number of benzene rings is 1. The Bertz CT molecular complexity index is 370. The molecule has 15 heavy (non-hydrogen) atoms. The van der Waals surface area contributed by atoms with Gasteiger partial charge < -0.3 is 10.2 Å². The van der Waals surface area contributed by atoms with Crippen LogP contribution in [-0.4, -0.2) is 25.0 Å². The second-order valence-corrected chi connectivity index (χ2v) is 3.08. The third-order valence-electron chi connectivity index (χ3n) is 1.64. The van der Waals surface area contributed by atoms with Crippen molar-refractivity contribution in [1.82, 2.24) is 4.90 Å². The second-order valence-electron chi connectivity index (χ2n) is 3.08. The zero-order chi connectivity index (χ0) is 11.6. The van der Waals surface area contributed by atoms with Crippen LogP contribution in [0.1, 0.15) is 0 Å². The lowest BCUT2D eigenvalue weighted by atomic mass is 10.3. The molecule has 1 aromatic carbocycles. The Morgan fingerprint density at radius 1 is 1.20 bits per heavy atom. The minimum atomic E-state index is -1.56. The van der Waals surface area contributed by atoms with Gasteiger partial charge in [0.25, 0.3) is 0 Å². The van der Waals surface area contributed by atoms with E-state index in [4.69, 9.17) is 0 Å². The van der Waals surface area contributed by atoms with E-state index in [-0.39, 0.29) is 5.69 Å². The van der Waals surface area contributed by atoms with E-state index in [1.165, 1.54) is 19.0 Å². The van der Waals surface area contributed by atoms with E-state index in [1.54, 1.807) is 0 Å². The molecule has 0 aliphatic rings. The number of carbonyl (C=O) groups is 1. The summed E-state index contributed by atoms with van der Waals surface area (Å²) in [6.07, 6.45) is 0. The minimum Gasteiger partial charge on any atom is -0.331 e. The summed E-state index contributed by atoms with van der Waals surface area (Å²) < 4.78 is 38.0. The highest BCUT2D eigenvalue weighted by molar-refractivity contribution is 5.88. The number of nitrogens with zero attached hydrogens (tertiary/aromatic N) is 1. The van der Waals surface area contributed by atoms with Crippen LogP contribution in [0.3, 0.4) is 0 Å². The zero-order valence-corrected chi connectivity index (χ0v) is 8.14. The molecule has 0 aliphatic carbocycles. The quantitative estimate of drug-likeness (QED) is 0.720. The zero-order valence-electron chi connectivity index (χ0n) is 8.14. The summed E-state index contributed by atoms with van der Waals surface area (Å²) in [6, 6.07) is 0.861. The van der Waals surface area contributed by atoms with Crippen LogP contribution in [0.15, 0.2) is 12.1 Å².